The smallest absolute Gasteiger partial charge is 0.124 e. The quantitative estimate of drug-likeness (QED) is 0.848. The number of hydrogen-bond donors (Lipinski definition) is 1. The molecule has 0 bridgehead atoms. The van der Waals surface area contributed by atoms with Gasteiger partial charge in [0.1, 0.15) is 5.82 Å². The lowest BCUT2D eigenvalue weighted by Crippen LogP contribution is -2.46. The highest BCUT2D eigenvalue weighted by Gasteiger charge is 2.37. The van der Waals surface area contributed by atoms with Crippen molar-refractivity contribution in [1.82, 2.24) is 5.32 Å². The second-order valence-electron chi connectivity index (χ2n) is 5.31. The van der Waals surface area contributed by atoms with Crippen molar-refractivity contribution >= 4 is 27.7 Å². The average Bonchev–Trinajstić information content (AvgIpc) is 2.80. The Morgan fingerprint density at radius 3 is 2.89 bits per heavy atom. The van der Waals surface area contributed by atoms with Crippen LogP contribution >= 0.6 is 27.7 Å². The summed E-state index contributed by atoms with van der Waals surface area (Å²) in [6.07, 6.45) is 3.50. The Kier molecular flexibility index (Phi) is 5.32. The molecule has 0 aromatic heterocycles. The number of nitrogens with one attached hydrogen (secondary N) is 1. The van der Waals surface area contributed by atoms with Gasteiger partial charge in [0.25, 0.3) is 0 Å². The highest BCUT2D eigenvalue weighted by atomic mass is 79.9. The van der Waals surface area contributed by atoms with Gasteiger partial charge in [-0.3, -0.25) is 0 Å². The van der Waals surface area contributed by atoms with Crippen molar-refractivity contribution in [3.63, 3.8) is 0 Å². The van der Waals surface area contributed by atoms with Gasteiger partial charge in [0.2, 0.25) is 0 Å². The maximum atomic E-state index is 13.2. The first kappa shape index (κ1) is 15.3. The molecule has 1 aliphatic rings. The Bertz CT molecular complexity index is 432. The van der Waals surface area contributed by atoms with Crippen LogP contribution in [-0.4, -0.2) is 23.1 Å². The molecule has 1 fully saturated rings. The zero-order valence-corrected chi connectivity index (χ0v) is 13.9. The molecule has 4 heteroatoms. The van der Waals surface area contributed by atoms with Crippen LogP contribution in [0.2, 0.25) is 0 Å². The Morgan fingerprint density at radius 2 is 2.32 bits per heavy atom. The molecule has 1 heterocycles. The molecule has 2 rings (SSSR count). The summed E-state index contributed by atoms with van der Waals surface area (Å²) in [5, 5.41) is 3.62. The zero-order valence-electron chi connectivity index (χ0n) is 11.5. The van der Waals surface area contributed by atoms with E-state index in [1.54, 1.807) is 12.1 Å². The Morgan fingerprint density at radius 1 is 1.53 bits per heavy atom. The van der Waals surface area contributed by atoms with E-state index < -0.39 is 0 Å². The lowest BCUT2D eigenvalue weighted by Gasteiger charge is -2.34. The summed E-state index contributed by atoms with van der Waals surface area (Å²) in [5.74, 6) is 1.07. The Labute approximate surface area is 127 Å². The van der Waals surface area contributed by atoms with Crippen molar-refractivity contribution in [2.24, 2.45) is 0 Å². The minimum absolute atomic E-state index is 0.183. The maximum absolute atomic E-state index is 13.2. The molecule has 1 nitrogen and oxygen atoms in total. The van der Waals surface area contributed by atoms with Crippen LogP contribution in [0.1, 0.15) is 32.3 Å². The van der Waals surface area contributed by atoms with Gasteiger partial charge in [-0.1, -0.05) is 28.9 Å². The van der Waals surface area contributed by atoms with Crippen LogP contribution in [0.3, 0.4) is 0 Å². The third-order valence-corrected chi connectivity index (χ3v) is 6.26. The van der Waals surface area contributed by atoms with E-state index in [4.69, 9.17) is 0 Å². The van der Waals surface area contributed by atoms with Crippen molar-refractivity contribution < 1.29 is 4.39 Å². The molecule has 1 aliphatic heterocycles. The molecule has 2 unspecified atom stereocenters. The normalized spacial score (nSPS) is 24.6. The van der Waals surface area contributed by atoms with Crippen molar-refractivity contribution in [2.75, 3.05) is 12.3 Å². The fourth-order valence-electron chi connectivity index (χ4n) is 2.73. The van der Waals surface area contributed by atoms with Crippen LogP contribution < -0.4 is 5.32 Å². The number of likely N-dealkylation sites (N-methyl/N-ethyl adjacent to an activating group) is 1. The molecule has 0 aliphatic carbocycles. The summed E-state index contributed by atoms with van der Waals surface area (Å²) in [5.41, 5.74) is 1.18. The first-order chi connectivity index (χ1) is 9.05. The van der Waals surface area contributed by atoms with E-state index >= 15 is 0 Å². The minimum atomic E-state index is -0.183. The fraction of sp³-hybridized carbons (Fsp3) is 0.600. The lowest BCUT2D eigenvalue weighted by atomic mass is 9.90. The van der Waals surface area contributed by atoms with Crippen LogP contribution in [-0.2, 0) is 6.42 Å². The number of hydrogen-bond acceptors (Lipinski definition) is 2. The molecule has 1 N–H and O–H groups in total. The van der Waals surface area contributed by atoms with Gasteiger partial charge in [0, 0.05) is 15.3 Å². The molecule has 1 saturated heterocycles. The van der Waals surface area contributed by atoms with Crippen LogP contribution in [0.5, 0.6) is 0 Å². The van der Waals surface area contributed by atoms with Gasteiger partial charge in [-0.05, 0) is 56.2 Å². The maximum Gasteiger partial charge on any atom is 0.124 e. The average molecular weight is 346 g/mol. The van der Waals surface area contributed by atoms with E-state index in [0.29, 0.717) is 10.8 Å². The van der Waals surface area contributed by atoms with Crippen molar-refractivity contribution in [1.29, 1.82) is 0 Å². The molecular formula is C15H21BrFNS. The molecule has 0 amide bonds. The monoisotopic (exact) mass is 345 g/mol. The predicted octanol–water partition coefficient (Wildman–Crippen LogP) is 4.39. The van der Waals surface area contributed by atoms with E-state index in [1.807, 2.05) is 6.07 Å². The van der Waals surface area contributed by atoms with Crippen LogP contribution in [0, 0.1) is 5.82 Å². The van der Waals surface area contributed by atoms with Gasteiger partial charge < -0.3 is 5.32 Å². The summed E-state index contributed by atoms with van der Waals surface area (Å²) in [4.78, 5) is 0. The standard InChI is InChI=1S/C15H21BrFNS/c1-3-18-14(15(2)7-4-8-19-15)9-11-5-6-12(17)10-13(11)16/h5-6,10,14,18H,3-4,7-9H2,1-2H3. The van der Waals surface area contributed by atoms with Crippen LogP contribution in [0.15, 0.2) is 22.7 Å². The van der Waals surface area contributed by atoms with E-state index in [2.05, 4.69) is 46.9 Å². The van der Waals surface area contributed by atoms with E-state index in [1.165, 1.54) is 24.2 Å². The number of benzene rings is 1. The van der Waals surface area contributed by atoms with Crippen LogP contribution in [0.4, 0.5) is 4.39 Å². The molecule has 2 atom stereocenters. The summed E-state index contributed by atoms with van der Waals surface area (Å²) >= 11 is 5.55. The van der Waals surface area contributed by atoms with Crippen molar-refractivity contribution in [2.45, 2.75) is 43.9 Å². The molecular weight excluding hydrogens is 325 g/mol. The van der Waals surface area contributed by atoms with E-state index in [-0.39, 0.29) is 5.82 Å². The molecule has 19 heavy (non-hydrogen) atoms. The fourth-order valence-corrected chi connectivity index (χ4v) is 4.66. The predicted molar refractivity (Wildman–Crippen MR) is 85.4 cm³/mol. The second-order valence-corrected chi connectivity index (χ2v) is 7.80. The van der Waals surface area contributed by atoms with Gasteiger partial charge in [-0.2, -0.15) is 11.8 Å². The van der Waals surface area contributed by atoms with Gasteiger partial charge in [0.15, 0.2) is 0 Å². The number of halogens is 2. The summed E-state index contributed by atoms with van der Waals surface area (Å²) in [7, 11) is 0. The largest absolute Gasteiger partial charge is 0.313 e. The lowest BCUT2D eigenvalue weighted by molar-refractivity contribution is 0.406. The second kappa shape index (κ2) is 6.59. The van der Waals surface area contributed by atoms with E-state index in [9.17, 15) is 4.39 Å². The molecule has 0 radical (unpaired) electrons. The summed E-state index contributed by atoms with van der Waals surface area (Å²) < 4.78 is 14.3. The first-order valence-corrected chi connectivity index (χ1v) is 8.64. The molecule has 0 spiro atoms. The third kappa shape index (κ3) is 3.73. The Hall–Kier alpha value is -0.0600. The van der Waals surface area contributed by atoms with Crippen molar-refractivity contribution in [3.8, 4) is 0 Å². The molecule has 1 aromatic rings. The highest BCUT2D eigenvalue weighted by Crippen LogP contribution is 2.41. The van der Waals surface area contributed by atoms with Gasteiger partial charge in [-0.25, -0.2) is 4.39 Å². The van der Waals surface area contributed by atoms with Gasteiger partial charge in [-0.15, -0.1) is 0 Å². The third-order valence-electron chi connectivity index (χ3n) is 3.88. The molecule has 1 aromatic carbocycles. The van der Waals surface area contributed by atoms with Crippen molar-refractivity contribution in [3.05, 3.63) is 34.1 Å². The highest BCUT2D eigenvalue weighted by molar-refractivity contribution is 9.10. The minimum Gasteiger partial charge on any atom is -0.313 e. The van der Waals surface area contributed by atoms with Gasteiger partial charge >= 0.3 is 0 Å². The SMILES string of the molecule is CCNC(Cc1ccc(F)cc1Br)C1(C)CCCS1. The first-order valence-electron chi connectivity index (χ1n) is 6.86. The molecule has 106 valence electrons. The zero-order chi connectivity index (χ0) is 13.9. The van der Waals surface area contributed by atoms with Gasteiger partial charge in [0.05, 0.1) is 0 Å². The summed E-state index contributed by atoms with van der Waals surface area (Å²) in [6.45, 7) is 5.48. The van der Waals surface area contributed by atoms with Crippen LogP contribution in [0.25, 0.3) is 0 Å². The molecule has 0 saturated carbocycles. The Balaban J connectivity index is 2.16. The number of rotatable bonds is 5. The van der Waals surface area contributed by atoms with E-state index in [0.717, 1.165) is 17.4 Å². The summed E-state index contributed by atoms with van der Waals surface area (Å²) in [6, 6.07) is 5.44. The number of thioether (sulfide) groups is 1. The topological polar surface area (TPSA) is 12.0 Å².